The minimum atomic E-state index is -1.75. The van der Waals surface area contributed by atoms with Crippen molar-refractivity contribution in [3.63, 3.8) is 0 Å². The summed E-state index contributed by atoms with van der Waals surface area (Å²) in [5, 5.41) is 19.6. The van der Waals surface area contributed by atoms with Crippen LogP contribution in [0.2, 0.25) is 0 Å². The molecule has 0 amide bonds. The van der Waals surface area contributed by atoms with Crippen LogP contribution in [0.15, 0.2) is 109 Å². The molecule has 7 heteroatoms. The molecule has 0 saturated carbocycles. The summed E-state index contributed by atoms with van der Waals surface area (Å²) >= 11 is 0. The molecular formula is C26H18AgN3O3. The van der Waals surface area contributed by atoms with E-state index in [0.29, 0.717) is 0 Å². The second kappa shape index (κ2) is 11.2. The van der Waals surface area contributed by atoms with Crippen molar-refractivity contribution in [2.24, 2.45) is 0 Å². The Kier molecular flexibility index (Phi) is 8.05. The van der Waals surface area contributed by atoms with Crippen LogP contribution >= 0.6 is 0 Å². The van der Waals surface area contributed by atoms with Crippen LogP contribution in [0.5, 0.6) is 0 Å². The second-order valence-electron chi connectivity index (χ2n) is 6.97. The van der Waals surface area contributed by atoms with Crippen LogP contribution < -0.4 is 0 Å². The van der Waals surface area contributed by atoms with Gasteiger partial charge in [-0.15, -0.1) is 0 Å². The maximum absolute atomic E-state index is 8.25. The molecule has 0 saturated heterocycles. The number of hydrogen-bond acceptors (Lipinski definition) is 5. The summed E-state index contributed by atoms with van der Waals surface area (Å²) in [6.45, 7) is 0. The number of benzene rings is 4. The predicted octanol–water partition coefficient (Wildman–Crippen LogP) is 6.53. The molecule has 0 unspecified atom stereocenters. The molecule has 6 nitrogen and oxygen atoms in total. The smallest absolute Gasteiger partial charge is 0.356 e. The van der Waals surface area contributed by atoms with E-state index in [1.165, 1.54) is 21.5 Å². The van der Waals surface area contributed by atoms with Gasteiger partial charge in [-0.25, -0.2) is 9.97 Å². The summed E-state index contributed by atoms with van der Waals surface area (Å²) in [6.07, 6.45) is 0. The van der Waals surface area contributed by atoms with Crippen LogP contribution in [0.25, 0.3) is 43.6 Å². The van der Waals surface area contributed by atoms with E-state index in [1.807, 2.05) is 72.8 Å². The summed E-state index contributed by atoms with van der Waals surface area (Å²) < 4.78 is 0. The maximum Gasteiger partial charge on any atom is 1.00 e. The summed E-state index contributed by atoms with van der Waals surface area (Å²) in [5.74, 6) is 0. The molecular weight excluding hydrogens is 510 g/mol. The third-order valence-electron chi connectivity index (χ3n) is 4.85. The Balaban J connectivity index is 0.000000156. The van der Waals surface area contributed by atoms with E-state index in [9.17, 15) is 0 Å². The number of aromatic nitrogens is 2. The van der Waals surface area contributed by atoms with Gasteiger partial charge in [0.05, 0.1) is 27.2 Å². The largest absolute Gasteiger partial charge is 1.00 e. The molecule has 6 rings (SSSR count). The van der Waals surface area contributed by atoms with Crippen LogP contribution in [0.4, 0.5) is 0 Å². The van der Waals surface area contributed by atoms with Crippen LogP contribution in [-0.2, 0) is 22.4 Å². The van der Waals surface area contributed by atoms with Crippen molar-refractivity contribution in [1.82, 2.24) is 9.97 Å². The SMILES string of the molecule is O=[N+]([O-])[O-].[Ag+].c1ccc2nc3ccccc3cc2c1.c1ccc2nc3ccccc3cc2c1. The molecule has 0 aliphatic rings. The van der Waals surface area contributed by atoms with Gasteiger partial charge in [-0.1, -0.05) is 72.8 Å². The average molecular weight is 528 g/mol. The Bertz CT molecular complexity index is 1210. The molecule has 4 aromatic carbocycles. The third kappa shape index (κ3) is 6.11. The zero-order chi connectivity index (χ0) is 22.3. The van der Waals surface area contributed by atoms with Crippen molar-refractivity contribution in [2.45, 2.75) is 0 Å². The molecule has 0 atom stereocenters. The van der Waals surface area contributed by atoms with E-state index in [-0.39, 0.29) is 22.4 Å². The van der Waals surface area contributed by atoms with Gasteiger partial charge in [0.2, 0.25) is 0 Å². The Morgan fingerprint density at radius 3 is 0.939 bits per heavy atom. The Hall–Kier alpha value is -3.84. The third-order valence-corrected chi connectivity index (χ3v) is 4.85. The quantitative estimate of drug-likeness (QED) is 0.0967. The first-order valence-electron chi connectivity index (χ1n) is 9.91. The van der Waals surface area contributed by atoms with Gasteiger partial charge in [0.25, 0.3) is 0 Å². The number of rotatable bonds is 0. The molecule has 0 bridgehead atoms. The fourth-order valence-electron chi connectivity index (χ4n) is 3.44. The summed E-state index contributed by atoms with van der Waals surface area (Å²) in [4.78, 5) is 17.4. The first kappa shape index (κ1) is 23.8. The van der Waals surface area contributed by atoms with Crippen molar-refractivity contribution in [1.29, 1.82) is 0 Å². The van der Waals surface area contributed by atoms with Crippen molar-refractivity contribution in [3.8, 4) is 0 Å². The first-order valence-corrected chi connectivity index (χ1v) is 9.91. The normalized spacial score (nSPS) is 9.94. The van der Waals surface area contributed by atoms with E-state index in [0.717, 1.165) is 22.1 Å². The fraction of sp³-hybridized carbons (Fsp3) is 0. The van der Waals surface area contributed by atoms with Gasteiger partial charge in [-0.05, 0) is 36.4 Å². The zero-order valence-electron chi connectivity index (χ0n) is 17.3. The van der Waals surface area contributed by atoms with E-state index in [2.05, 4.69) is 46.4 Å². The molecule has 0 aliphatic heterocycles. The molecule has 0 spiro atoms. The van der Waals surface area contributed by atoms with Gasteiger partial charge in [0, 0.05) is 21.5 Å². The van der Waals surface area contributed by atoms with Crippen molar-refractivity contribution in [3.05, 3.63) is 125 Å². The minimum Gasteiger partial charge on any atom is -0.356 e. The molecule has 33 heavy (non-hydrogen) atoms. The maximum atomic E-state index is 8.25. The van der Waals surface area contributed by atoms with Crippen LogP contribution in [0.1, 0.15) is 0 Å². The number of hydrogen-bond donors (Lipinski definition) is 0. The number of fused-ring (bicyclic) bond motifs is 4. The van der Waals surface area contributed by atoms with E-state index >= 15 is 0 Å². The predicted molar refractivity (Wildman–Crippen MR) is 129 cm³/mol. The molecule has 0 N–H and O–H groups in total. The number of nitrogens with zero attached hydrogens (tertiary/aromatic N) is 3. The van der Waals surface area contributed by atoms with Crippen molar-refractivity contribution in [2.75, 3.05) is 0 Å². The Labute approximate surface area is 205 Å². The van der Waals surface area contributed by atoms with E-state index in [1.54, 1.807) is 0 Å². The van der Waals surface area contributed by atoms with Gasteiger partial charge in [-0.3, -0.25) is 0 Å². The minimum absolute atomic E-state index is 0. The van der Waals surface area contributed by atoms with Gasteiger partial charge < -0.3 is 15.3 Å². The standard InChI is InChI=1S/2C13H9N.Ag.NO3/c2*1-3-7-12-10(5-1)9-11-6-2-4-8-13(11)14-12;;2-1(3)4/h2*1-9H;;/q;;+1;-1. The van der Waals surface area contributed by atoms with Gasteiger partial charge >= 0.3 is 22.4 Å². The topological polar surface area (TPSA) is 92.0 Å². The van der Waals surface area contributed by atoms with Crippen molar-refractivity contribution < 1.29 is 27.5 Å². The molecule has 0 aliphatic carbocycles. The van der Waals surface area contributed by atoms with Gasteiger partial charge in [0.1, 0.15) is 0 Å². The summed E-state index contributed by atoms with van der Waals surface area (Å²) in [5.41, 5.74) is 4.25. The Morgan fingerprint density at radius 2 is 0.697 bits per heavy atom. The van der Waals surface area contributed by atoms with Gasteiger partial charge in [0.15, 0.2) is 0 Å². The summed E-state index contributed by atoms with van der Waals surface area (Å²) in [7, 11) is 0. The average Bonchev–Trinajstić information content (AvgIpc) is 2.81. The zero-order valence-corrected chi connectivity index (χ0v) is 18.7. The van der Waals surface area contributed by atoms with E-state index < -0.39 is 5.09 Å². The molecule has 2 heterocycles. The van der Waals surface area contributed by atoms with Gasteiger partial charge in [-0.2, -0.15) is 0 Å². The molecule has 6 aromatic rings. The number of para-hydroxylation sites is 4. The fourth-order valence-corrected chi connectivity index (χ4v) is 3.44. The molecule has 166 valence electrons. The second-order valence-corrected chi connectivity index (χ2v) is 6.97. The van der Waals surface area contributed by atoms with Crippen LogP contribution in [-0.4, -0.2) is 15.1 Å². The summed E-state index contributed by atoms with van der Waals surface area (Å²) in [6, 6.07) is 37.1. The van der Waals surface area contributed by atoms with Crippen LogP contribution in [0.3, 0.4) is 0 Å². The monoisotopic (exact) mass is 527 g/mol. The molecule has 0 radical (unpaired) electrons. The Morgan fingerprint density at radius 1 is 0.485 bits per heavy atom. The van der Waals surface area contributed by atoms with Crippen molar-refractivity contribution >= 4 is 43.6 Å². The van der Waals surface area contributed by atoms with E-state index in [4.69, 9.17) is 15.3 Å². The first-order chi connectivity index (χ1) is 15.6. The van der Waals surface area contributed by atoms with Crippen LogP contribution in [0, 0.1) is 15.3 Å². The molecule has 2 aromatic heterocycles. The number of pyridine rings is 2. The molecule has 0 fully saturated rings.